The first-order chi connectivity index (χ1) is 11.4. The van der Waals surface area contributed by atoms with Crippen molar-refractivity contribution in [3.63, 3.8) is 0 Å². The minimum atomic E-state index is -0.481. The Balaban J connectivity index is 1.96. The van der Waals surface area contributed by atoms with Crippen LogP contribution in [0.3, 0.4) is 0 Å². The van der Waals surface area contributed by atoms with E-state index in [4.69, 9.17) is 34.8 Å². The molecule has 0 spiro atoms. The summed E-state index contributed by atoms with van der Waals surface area (Å²) < 4.78 is 1.58. The molecule has 2 aromatic heterocycles. The highest BCUT2D eigenvalue weighted by Gasteiger charge is 2.16. The maximum Gasteiger partial charge on any atom is 0.277 e. The Hall–Kier alpha value is -2.08. The molecule has 5 nitrogen and oxygen atoms in total. The highest BCUT2D eigenvalue weighted by Crippen LogP contribution is 2.22. The molecule has 0 aliphatic carbocycles. The number of aromatic nitrogens is 3. The number of rotatable bonds is 3. The Morgan fingerprint density at radius 2 is 1.92 bits per heavy atom. The van der Waals surface area contributed by atoms with Crippen LogP contribution in [0, 0.1) is 6.92 Å². The molecule has 3 aromatic rings. The fraction of sp³-hybridized carbons (Fsp3) is 0.0625. The number of hydrogen-bond donors (Lipinski definition) is 1. The molecule has 8 heteroatoms. The summed E-state index contributed by atoms with van der Waals surface area (Å²) in [7, 11) is 0. The Morgan fingerprint density at radius 3 is 2.67 bits per heavy atom. The van der Waals surface area contributed by atoms with E-state index in [-0.39, 0.29) is 15.9 Å². The van der Waals surface area contributed by atoms with Crippen molar-refractivity contribution < 1.29 is 4.79 Å². The molecule has 1 amide bonds. The van der Waals surface area contributed by atoms with E-state index in [0.717, 1.165) is 11.4 Å². The second-order valence-electron chi connectivity index (χ2n) is 4.98. The first kappa shape index (κ1) is 16.8. The number of nitrogens with zero attached hydrogens (tertiary/aromatic N) is 3. The predicted molar refractivity (Wildman–Crippen MR) is 95.5 cm³/mol. The fourth-order valence-corrected chi connectivity index (χ4v) is 2.67. The average molecular weight is 382 g/mol. The lowest BCUT2D eigenvalue weighted by Crippen LogP contribution is -2.17. The van der Waals surface area contributed by atoms with Crippen LogP contribution in [0.15, 0.2) is 42.5 Å². The van der Waals surface area contributed by atoms with Crippen molar-refractivity contribution in [3.8, 4) is 5.69 Å². The second kappa shape index (κ2) is 6.81. The molecule has 3 rings (SSSR count). The van der Waals surface area contributed by atoms with Crippen LogP contribution in [-0.2, 0) is 0 Å². The molecule has 0 radical (unpaired) electrons. The molecule has 0 unspecified atom stereocenters. The quantitative estimate of drug-likeness (QED) is 0.664. The molecule has 0 bridgehead atoms. The molecule has 1 aromatic carbocycles. The Labute approximate surface area is 153 Å². The number of carbonyl (C=O) groups excluding carboxylic acids is 1. The van der Waals surface area contributed by atoms with E-state index >= 15 is 0 Å². The van der Waals surface area contributed by atoms with Crippen LogP contribution in [-0.4, -0.2) is 20.7 Å². The van der Waals surface area contributed by atoms with E-state index in [1.165, 1.54) is 12.1 Å². The third kappa shape index (κ3) is 3.53. The number of hydrogen-bond acceptors (Lipinski definition) is 3. The summed E-state index contributed by atoms with van der Waals surface area (Å²) in [6, 6.07) is 11.9. The van der Waals surface area contributed by atoms with Crippen molar-refractivity contribution >= 4 is 46.5 Å². The predicted octanol–water partition coefficient (Wildman–Crippen LogP) is 4.79. The zero-order chi connectivity index (χ0) is 17.3. The number of anilines is 1. The van der Waals surface area contributed by atoms with Crippen LogP contribution < -0.4 is 5.32 Å². The van der Waals surface area contributed by atoms with Crippen LogP contribution in [0.1, 0.15) is 16.2 Å². The largest absolute Gasteiger partial charge is 0.305 e. The van der Waals surface area contributed by atoms with Crippen molar-refractivity contribution in [3.05, 3.63) is 69.1 Å². The van der Waals surface area contributed by atoms with Gasteiger partial charge in [0.1, 0.15) is 16.7 Å². The molecule has 1 N–H and O–H groups in total. The van der Waals surface area contributed by atoms with Gasteiger partial charge in [0.25, 0.3) is 5.91 Å². The van der Waals surface area contributed by atoms with Crippen molar-refractivity contribution in [2.75, 3.05) is 5.32 Å². The molecule has 122 valence electrons. The number of amides is 1. The topological polar surface area (TPSA) is 59.8 Å². The minimum Gasteiger partial charge on any atom is -0.305 e. The molecule has 0 atom stereocenters. The smallest absolute Gasteiger partial charge is 0.277 e. The van der Waals surface area contributed by atoms with E-state index in [2.05, 4.69) is 15.4 Å². The van der Waals surface area contributed by atoms with Crippen molar-refractivity contribution in [2.45, 2.75) is 6.92 Å². The zero-order valence-corrected chi connectivity index (χ0v) is 14.7. The molecule has 24 heavy (non-hydrogen) atoms. The first-order valence-electron chi connectivity index (χ1n) is 6.90. The lowest BCUT2D eigenvalue weighted by molar-refractivity contribution is 0.102. The number of pyridine rings is 1. The number of nitrogens with one attached hydrogen (secondary N) is 1. The van der Waals surface area contributed by atoms with Gasteiger partial charge in [-0.2, -0.15) is 5.10 Å². The maximum atomic E-state index is 12.5. The number of halogens is 3. The van der Waals surface area contributed by atoms with Gasteiger partial charge < -0.3 is 5.32 Å². The lowest BCUT2D eigenvalue weighted by Gasteiger charge is -2.09. The third-order valence-corrected chi connectivity index (χ3v) is 3.90. The lowest BCUT2D eigenvalue weighted by atomic mass is 10.3. The van der Waals surface area contributed by atoms with Crippen molar-refractivity contribution in [1.82, 2.24) is 14.8 Å². The third-order valence-electron chi connectivity index (χ3n) is 3.15. The molecular weight excluding hydrogens is 371 g/mol. The molecule has 2 heterocycles. The van der Waals surface area contributed by atoms with Crippen LogP contribution in [0.2, 0.25) is 15.2 Å². The van der Waals surface area contributed by atoms with Gasteiger partial charge in [-0.05, 0) is 37.3 Å². The molecular formula is C16H11Cl3N4O. The highest BCUT2D eigenvalue weighted by molar-refractivity contribution is 6.35. The maximum absolute atomic E-state index is 12.5. The monoisotopic (exact) mass is 380 g/mol. The Bertz CT molecular complexity index is 923. The van der Waals surface area contributed by atoms with Crippen LogP contribution >= 0.6 is 34.8 Å². The van der Waals surface area contributed by atoms with E-state index < -0.39 is 5.91 Å². The second-order valence-corrected chi connectivity index (χ2v) is 6.21. The van der Waals surface area contributed by atoms with Crippen LogP contribution in [0.5, 0.6) is 0 Å². The number of aryl methyl sites for hydroxylation is 1. The van der Waals surface area contributed by atoms with E-state index in [0.29, 0.717) is 10.8 Å². The molecule has 0 saturated heterocycles. The summed E-state index contributed by atoms with van der Waals surface area (Å²) in [5.74, 6) is -0.0108. The standard InChI is InChI=1S/C16H11Cl3N4O/c1-9-7-14(23(22-9)11-4-2-3-10(17)8-11)21-16(24)15-12(18)5-6-13(19)20-15/h2-8H,1H3,(H,21,24). The number of carbonyl (C=O) groups is 1. The summed E-state index contributed by atoms with van der Waals surface area (Å²) in [6.45, 7) is 1.82. The van der Waals surface area contributed by atoms with E-state index in [1.807, 2.05) is 13.0 Å². The summed E-state index contributed by atoms with van der Waals surface area (Å²) in [4.78, 5) is 16.4. The normalized spacial score (nSPS) is 10.7. The van der Waals surface area contributed by atoms with Gasteiger partial charge in [0.15, 0.2) is 0 Å². The zero-order valence-electron chi connectivity index (χ0n) is 12.4. The average Bonchev–Trinajstić information content (AvgIpc) is 2.90. The summed E-state index contributed by atoms with van der Waals surface area (Å²) in [6.07, 6.45) is 0. The van der Waals surface area contributed by atoms with Gasteiger partial charge in [-0.15, -0.1) is 0 Å². The molecule has 0 aliphatic heterocycles. The molecule has 0 saturated carbocycles. The van der Waals surface area contributed by atoms with E-state index in [9.17, 15) is 4.79 Å². The highest BCUT2D eigenvalue weighted by atomic mass is 35.5. The van der Waals surface area contributed by atoms with Gasteiger partial charge in [-0.25, -0.2) is 9.67 Å². The molecule has 0 fully saturated rings. The summed E-state index contributed by atoms with van der Waals surface area (Å²) >= 11 is 17.9. The van der Waals surface area contributed by atoms with Gasteiger partial charge in [-0.1, -0.05) is 40.9 Å². The fourth-order valence-electron chi connectivity index (χ4n) is 2.15. The first-order valence-corrected chi connectivity index (χ1v) is 8.03. The van der Waals surface area contributed by atoms with E-state index in [1.54, 1.807) is 28.9 Å². The van der Waals surface area contributed by atoms with Gasteiger partial charge >= 0.3 is 0 Å². The van der Waals surface area contributed by atoms with Crippen LogP contribution in [0.4, 0.5) is 5.82 Å². The van der Waals surface area contributed by atoms with Gasteiger partial charge in [0, 0.05) is 11.1 Å². The van der Waals surface area contributed by atoms with Gasteiger partial charge in [0.2, 0.25) is 0 Å². The van der Waals surface area contributed by atoms with Crippen LogP contribution in [0.25, 0.3) is 5.69 Å². The molecule has 0 aliphatic rings. The Kier molecular flexibility index (Phi) is 4.76. The number of benzene rings is 1. The van der Waals surface area contributed by atoms with Crippen molar-refractivity contribution in [2.24, 2.45) is 0 Å². The van der Waals surface area contributed by atoms with Gasteiger partial charge in [-0.3, -0.25) is 4.79 Å². The SMILES string of the molecule is Cc1cc(NC(=O)c2nc(Cl)ccc2Cl)n(-c2cccc(Cl)c2)n1. The summed E-state index contributed by atoms with van der Waals surface area (Å²) in [5.41, 5.74) is 1.49. The minimum absolute atomic E-state index is 0.0423. The summed E-state index contributed by atoms with van der Waals surface area (Å²) in [5, 5.41) is 8.08. The van der Waals surface area contributed by atoms with Crippen molar-refractivity contribution in [1.29, 1.82) is 0 Å². The Morgan fingerprint density at radius 1 is 1.12 bits per heavy atom. The van der Waals surface area contributed by atoms with Gasteiger partial charge in [0.05, 0.1) is 16.4 Å².